The van der Waals surface area contributed by atoms with Gasteiger partial charge in [0.15, 0.2) is 0 Å². The molecule has 5 heteroatoms. The van der Waals surface area contributed by atoms with Gasteiger partial charge in [-0.05, 0) is 12.5 Å². The Kier molecular flexibility index (Phi) is 4.43. The molecule has 0 radical (unpaired) electrons. The molecule has 2 atom stereocenters. The van der Waals surface area contributed by atoms with Gasteiger partial charge in [-0.15, -0.1) is 0 Å². The number of rotatable bonds is 3. The first-order chi connectivity index (χ1) is 10.6. The molecule has 1 N–H and O–H groups in total. The molecule has 2 aliphatic heterocycles. The number of likely N-dealkylation sites (tertiary alicyclic amines) is 1. The second-order valence-electron chi connectivity index (χ2n) is 6.25. The molecule has 2 saturated heterocycles. The topological polar surface area (TPSA) is 52.7 Å². The van der Waals surface area contributed by atoms with E-state index in [1.807, 2.05) is 40.1 Å². The van der Waals surface area contributed by atoms with Crippen LogP contribution in [0.15, 0.2) is 30.3 Å². The third kappa shape index (κ3) is 3.14. The van der Waals surface area contributed by atoms with Crippen LogP contribution in [-0.2, 0) is 16.1 Å². The van der Waals surface area contributed by atoms with Gasteiger partial charge in [0.1, 0.15) is 0 Å². The lowest BCUT2D eigenvalue weighted by Gasteiger charge is -2.35. The van der Waals surface area contributed by atoms with Gasteiger partial charge in [-0.1, -0.05) is 30.3 Å². The molecule has 2 amide bonds. The van der Waals surface area contributed by atoms with Crippen molar-refractivity contribution in [2.24, 2.45) is 5.92 Å². The summed E-state index contributed by atoms with van der Waals surface area (Å²) in [5.41, 5.74) is 1.11. The summed E-state index contributed by atoms with van der Waals surface area (Å²) < 4.78 is 0. The van der Waals surface area contributed by atoms with Crippen LogP contribution in [0.2, 0.25) is 0 Å². The minimum absolute atomic E-state index is 0.0880. The number of hydrogen-bond acceptors (Lipinski definition) is 3. The highest BCUT2D eigenvalue weighted by atomic mass is 16.2. The molecule has 0 aromatic heterocycles. The van der Waals surface area contributed by atoms with Gasteiger partial charge < -0.3 is 15.1 Å². The normalized spacial score (nSPS) is 25.6. The fourth-order valence-corrected chi connectivity index (χ4v) is 3.30. The van der Waals surface area contributed by atoms with E-state index < -0.39 is 0 Å². The second-order valence-corrected chi connectivity index (χ2v) is 6.25. The summed E-state index contributed by atoms with van der Waals surface area (Å²) in [4.78, 5) is 28.6. The van der Waals surface area contributed by atoms with Crippen molar-refractivity contribution in [1.29, 1.82) is 0 Å². The van der Waals surface area contributed by atoms with Crippen LogP contribution in [-0.4, -0.2) is 53.8 Å². The van der Waals surface area contributed by atoms with Gasteiger partial charge in [0, 0.05) is 45.2 Å². The monoisotopic (exact) mass is 301 g/mol. The maximum atomic E-state index is 12.7. The van der Waals surface area contributed by atoms with Crippen LogP contribution in [0.4, 0.5) is 0 Å². The summed E-state index contributed by atoms with van der Waals surface area (Å²) >= 11 is 0. The molecule has 0 spiro atoms. The fourth-order valence-electron chi connectivity index (χ4n) is 3.30. The van der Waals surface area contributed by atoms with E-state index in [0.29, 0.717) is 19.5 Å². The summed E-state index contributed by atoms with van der Waals surface area (Å²) in [7, 11) is 0. The third-order valence-electron chi connectivity index (χ3n) is 4.56. The van der Waals surface area contributed by atoms with E-state index in [0.717, 1.165) is 25.2 Å². The molecule has 0 bridgehead atoms. The van der Waals surface area contributed by atoms with E-state index in [-0.39, 0.29) is 23.8 Å². The SMILES string of the molecule is C[C@@H]1CNCCN1C(=O)C1CC(=O)N(Cc2ccccc2)C1. The first kappa shape index (κ1) is 15.0. The van der Waals surface area contributed by atoms with Crippen LogP contribution in [0.1, 0.15) is 18.9 Å². The first-order valence-electron chi connectivity index (χ1n) is 7.98. The Morgan fingerprint density at radius 2 is 2.09 bits per heavy atom. The number of benzene rings is 1. The molecule has 1 aromatic rings. The van der Waals surface area contributed by atoms with Crippen LogP contribution in [0, 0.1) is 5.92 Å². The van der Waals surface area contributed by atoms with E-state index in [2.05, 4.69) is 12.2 Å². The molecular formula is C17H23N3O2. The summed E-state index contributed by atoms with van der Waals surface area (Å²) in [6, 6.07) is 10.1. The summed E-state index contributed by atoms with van der Waals surface area (Å²) in [6.07, 6.45) is 0.350. The minimum Gasteiger partial charge on any atom is -0.338 e. The lowest BCUT2D eigenvalue weighted by atomic mass is 10.1. The van der Waals surface area contributed by atoms with Gasteiger partial charge in [0.2, 0.25) is 11.8 Å². The van der Waals surface area contributed by atoms with Gasteiger partial charge in [-0.25, -0.2) is 0 Å². The van der Waals surface area contributed by atoms with Crippen molar-refractivity contribution in [1.82, 2.24) is 15.1 Å². The number of carbonyl (C=O) groups is 2. The first-order valence-corrected chi connectivity index (χ1v) is 7.98. The van der Waals surface area contributed by atoms with Crippen molar-refractivity contribution in [3.05, 3.63) is 35.9 Å². The van der Waals surface area contributed by atoms with Gasteiger partial charge in [-0.3, -0.25) is 9.59 Å². The van der Waals surface area contributed by atoms with Gasteiger partial charge in [-0.2, -0.15) is 0 Å². The Morgan fingerprint density at radius 3 is 2.82 bits per heavy atom. The lowest BCUT2D eigenvalue weighted by molar-refractivity contribution is -0.138. The average molecular weight is 301 g/mol. The maximum Gasteiger partial charge on any atom is 0.228 e. The van der Waals surface area contributed by atoms with Crippen molar-refractivity contribution in [3.8, 4) is 0 Å². The molecule has 22 heavy (non-hydrogen) atoms. The fraction of sp³-hybridized carbons (Fsp3) is 0.529. The number of carbonyl (C=O) groups excluding carboxylic acids is 2. The van der Waals surface area contributed by atoms with E-state index in [1.54, 1.807) is 0 Å². The van der Waals surface area contributed by atoms with Crippen LogP contribution in [0.25, 0.3) is 0 Å². The van der Waals surface area contributed by atoms with Crippen LogP contribution in [0.5, 0.6) is 0 Å². The molecule has 2 fully saturated rings. The van der Waals surface area contributed by atoms with Crippen LogP contribution in [0.3, 0.4) is 0 Å². The molecule has 5 nitrogen and oxygen atoms in total. The molecule has 2 heterocycles. The zero-order valence-electron chi connectivity index (χ0n) is 13.0. The molecule has 0 aliphatic carbocycles. The van der Waals surface area contributed by atoms with Gasteiger partial charge in [0.25, 0.3) is 0 Å². The third-order valence-corrected chi connectivity index (χ3v) is 4.56. The average Bonchev–Trinajstić information content (AvgIpc) is 2.89. The number of piperazine rings is 1. The molecule has 118 valence electrons. The predicted molar refractivity (Wildman–Crippen MR) is 84.0 cm³/mol. The van der Waals surface area contributed by atoms with Gasteiger partial charge >= 0.3 is 0 Å². The smallest absolute Gasteiger partial charge is 0.228 e. The Hall–Kier alpha value is -1.88. The van der Waals surface area contributed by atoms with E-state index in [9.17, 15) is 9.59 Å². The van der Waals surface area contributed by atoms with E-state index in [4.69, 9.17) is 0 Å². The van der Waals surface area contributed by atoms with E-state index in [1.165, 1.54) is 0 Å². The predicted octanol–water partition coefficient (Wildman–Crippen LogP) is 0.855. The Morgan fingerprint density at radius 1 is 1.32 bits per heavy atom. The molecule has 1 unspecified atom stereocenters. The lowest BCUT2D eigenvalue weighted by Crippen LogP contribution is -2.54. The van der Waals surface area contributed by atoms with Crippen molar-refractivity contribution in [2.75, 3.05) is 26.2 Å². The molecule has 2 aliphatic rings. The number of hydrogen-bond donors (Lipinski definition) is 1. The largest absolute Gasteiger partial charge is 0.338 e. The minimum atomic E-state index is -0.184. The van der Waals surface area contributed by atoms with Crippen molar-refractivity contribution >= 4 is 11.8 Å². The van der Waals surface area contributed by atoms with Crippen molar-refractivity contribution < 1.29 is 9.59 Å². The second kappa shape index (κ2) is 6.48. The molecule has 1 aromatic carbocycles. The zero-order valence-corrected chi connectivity index (χ0v) is 13.0. The maximum absolute atomic E-state index is 12.7. The van der Waals surface area contributed by atoms with Crippen LogP contribution >= 0.6 is 0 Å². The molecule has 3 rings (SSSR count). The Balaban J connectivity index is 1.62. The van der Waals surface area contributed by atoms with Crippen molar-refractivity contribution in [2.45, 2.75) is 25.9 Å². The molecule has 0 saturated carbocycles. The van der Waals surface area contributed by atoms with Crippen molar-refractivity contribution in [3.63, 3.8) is 0 Å². The summed E-state index contributed by atoms with van der Waals surface area (Å²) in [5.74, 6) is 0.0414. The Labute approximate surface area is 131 Å². The zero-order chi connectivity index (χ0) is 15.5. The summed E-state index contributed by atoms with van der Waals surface area (Å²) in [5, 5.41) is 3.29. The highest BCUT2D eigenvalue weighted by Gasteiger charge is 2.38. The van der Waals surface area contributed by atoms with E-state index >= 15 is 0 Å². The highest BCUT2D eigenvalue weighted by molar-refractivity contribution is 5.89. The summed E-state index contributed by atoms with van der Waals surface area (Å²) in [6.45, 7) is 5.61. The standard InChI is InChI=1S/C17H23N3O2/c1-13-10-18-7-8-20(13)17(22)15-9-16(21)19(12-15)11-14-5-3-2-4-6-14/h2-6,13,15,18H,7-12H2,1H3/t13-,15?/m1/s1. The number of nitrogens with zero attached hydrogens (tertiary/aromatic N) is 2. The number of nitrogens with one attached hydrogen (secondary N) is 1. The van der Waals surface area contributed by atoms with Crippen LogP contribution < -0.4 is 5.32 Å². The number of amides is 2. The highest BCUT2D eigenvalue weighted by Crippen LogP contribution is 2.23. The quantitative estimate of drug-likeness (QED) is 0.901. The Bertz CT molecular complexity index is 546. The van der Waals surface area contributed by atoms with Gasteiger partial charge in [0.05, 0.1) is 5.92 Å². The molecular weight excluding hydrogens is 278 g/mol.